The Morgan fingerprint density at radius 1 is 0.857 bits per heavy atom. The van der Waals surface area contributed by atoms with Gasteiger partial charge in [-0.3, -0.25) is 9.59 Å². The number of nitrogens with one attached hydrogen (secondary N) is 1. The lowest BCUT2D eigenvalue weighted by Crippen LogP contribution is -2.20. The van der Waals surface area contributed by atoms with Crippen molar-refractivity contribution in [1.82, 2.24) is 15.0 Å². The second kappa shape index (κ2) is 7.28. The first-order chi connectivity index (χ1) is 13.6. The van der Waals surface area contributed by atoms with Crippen molar-refractivity contribution in [3.8, 4) is 0 Å². The smallest absolute Gasteiger partial charge is 0.276 e. The number of fused-ring (bicyclic) bond motifs is 1. The Labute approximate surface area is 159 Å². The van der Waals surface area contributed by atoms with Gasteiger partial charge in [-0.25, -0.2) is 9.97 Å². The predicted octanol–water partition coefficient (Wildman–Crippen LogP) is 3.63. The van der Waals surface area contributed by atoms with Gasteiger partial charge in [0.2, 0.25) is 0 Å². The SMILES string of the molecule is O=C(/C(=C(/O)c1ccccc1)c1nc2cccnc2[nH]c1=O)c1ccccc1. The van der Waals surface area contributed by atoms with Crippen molar-refractivity contribution in [2.45, 2.75) is 0 Å². The quantitative estimate of drug-likeness (QED) is 0.325. The minimum Gasteiger partial charge on any atom is -0.506 e. The number of H-pyrrole nitrogens is 1. The van der Waals surface area contributed by atoms with E-state index in [4.69, 9.17) is 0 Å². The Morgan fingerprint density at radius 2 is 1.50 bits per heavy atom. The zero-order valence-corrected chi connectivity index (χ0v) is 14.7. The molecular formula is C22H15N3O3. The van der Waals surface area contributed by atoms with Gasteiger partial charge < -0.3 is 10.1 Å². The van der Waals surface area contributed by atoms with Gasteiger partial charge in [-0.05, 0) is 12.1 Å². The second-order valence-electron chi connectivity index (χ2n) is 6.07. The van der Waals surface area contributed by atoms with Crippen LogP contribution in [0.4, 0.5) is 0 Å². The van der Waals surface area contributed by atoms with Crippen molar-refractivity contribution in [3.63, 3.8) is 0 Å². The molecule has 0 aliphatic carbocycles. The van der Waals surface area contributed by atoms with E-state index in [1.165, 1.54) is 6.20 Å². The van der Waals surface area contributed by atoms with Gasteiger partial charge >= 0.3 is 0 Å². The highest BCUT2D eigenvalue weighted by atomic mass is 16.3. The monoisotopic (exact) mass is 369 g/mol. The normalized spacial score (nSPS) is 11.9. The van der Waals surface area contributed by atoms with E-state index < -0.39 is 11.3 Å². The van der Waals surface area contributed by atoms with Crippen LogP contribution in [-0.4, -0.2) is 25.8 Å². The Balaban J connectivity index is 2.00. The molecular weight excluding hydrogens is 354 g/mol. The van der Waals surface area contributed by atoms with Crippen LogP contribution in [-0.2, 0) is 0 Å². The number of aromatic amines is 1. The Morgan fingerprint density at radius 3 is 2.18 bits per heavy atom. The number of nitrogens with zero attached hydrogens (tertiary/aromatic N) is 2. The third kappa shape index (κ3) is 3.19. The average molecular weight is 369 g/mol. The van der Waals surface area contributed by atoms with E-state index in [0.717, 1.165) is 0 Å². The van der Waals surface area contributed by atoms with E-state index in [0.29, 0.717) is 22.3 Å². The predicted molar refractivity (Wildman–Crippen MR) is 107 cm³/mol. The molecule has 136 valence electrons. The van der Waals surface area contributed by atoms with Crippen molar-refractivity contribution in [2.75, 3.05) is 0 Å². The van der Waals surface area contributed by atoms with Gasteiger partial charge in [-0.15, -0.1) is 0 Å². The summed E-state index contributed by atoms with van der Waals surface area (Å²) in [7, 11) is 0. The fourth-order valence-corrected chi connectivity index (χ4v) is 2.89. The topological polar surface area (TPSA) is 95.9 Å². The number of aliphatic hydroxyl groups is 1. The first-order valence-electron chi connectivity index (χ1n) is 8.59. The molecule has 0 unspecified atom stereocenters. The number of rotatable bonds is 4. The van der Waals surface area contributed by atoms with Gasteiger partial charge in [-0.2, -0.15) is 0 Å². The molecule has 0 saturated heterocycles. The Bertz CT molecular complexity index is 1250. The molecule has 28 heavy (non-hydrogen) atoms. The maximum Gasteiger partial charge on any atom is 0.276 e. The van der Waals surface area contributed by atoms with Crippen molar-refractivity contribution >= 4 is 28.3 Å². The van der Waals surface area contributed by atoms with Crippen LogP contribution in [0.2, 0.25) is 0 Å². The third-order valence-electron chi connectivity index (χ3n) is 4.25. The van der Waals surface area contributed by atoms with Crippen LogP contribution in [0.3, 0.4) is 0 Å². The summed E-state index contributed by atoms with van der Waals surface area (Å²) in [6.45, 7) is 0. The summed E-state index contributed by atoms with van der Waals surface area (Å²) in [6, 6.07) is 20.4. The van der Waals surface area contributed by atoms with E-state index >= 15 is 0 Å². The molecule has 0 radical (unpaired) electrons. The molecule has 0 amide bonds. The summed E-state index contributed by atoms with van der Waals surface area (Å²) in [6.07, 6.45) is 1.53. The lowest BCUT2D eigenvalue weighted by molar-refractivity contribution is 0.105. The highest BCUT2D eigenvalue weighted by molar-refractivity contribution is 6.33. The second-order valence-corrected chi connectivity index (χ2v) is 6.07. The molecule has 0 fully saturated rings. The summed E-state index contributed by atoms with van der Waals surface area (Å²) in [5.41, 5.74) is 0.549. The summed E-state index contributed by atoms with van der Waals surface area (Å²) >= 11 is 0. The molecule has 2 heterocycles. The average Bonchev–Trinajstić information content (AvgIpc) is 2.75. The molecule has 0 bridgehead atoms. The molecule has 6 nitrogen and oxygen atoms in total. The molecule has 4 aromatic rings. The molecule has 2 aromatic carbocycles. The van der Waals surface area contributed by atoms with Crippen molar-refractivity contribution in [2.24, 2.45) is 0 Å². The number of aromatic nitrogens is 3. The van der Waals surface area contributed by atoms with Crippen LogP contribution in [0.25, 0.3) is 22.5 Å². The fraction of sp³-hybridized carbons (Fsp3) is 0. The van der Waals surface area contributed by atoms with Crippen molar-refractivity contribution in [1.29, 1.82) is 0 Å². The van der Waals surface area contributed by atoms with Crippen LogP contribution in [0.5, 0.6) is 0 Å². The number of hydrogen-bond acceptors (Lipinski definition) is 5. The minimum absolute atomic E-state index is 0.157. The minimum atomic E-state index is -0.604. The first-order valence-corrected chi connectivity index (χ1v) is 8.59. The molecule has 0 aliphatic rings. The van der Waals surface area contributed by atoms with Crippen LogP contribution in [0.15, 0.2) is 83.8 Å². The maximum atomic E-state index is 13.2. The zero-order valence-electron chi connectivity index (χ0n) is 14.7. The highest BCUT2D eigenvalue weighted by Crippen LogP contribution is 2.26. The number of benzene rings is 2. The molecule has 4 rings (SSSR count). The summed E-state index contributed by atoms with van der Waals surface area (Å²) in [5.74, 6) is -0.807. The third-order valence-corrected chi connectivity index (χ3v) is 4.25. The number of ketones is 1. The summed E-state index contributed by atoms with van der Waals surface area (Å²) in [4.78, 5) is 36.9. The van der Waals surface area contributed by atoms with E-state index in [9.17, 15) is 14.7 Å². The molecule has 0 atom stereocenters. The summed E-state index contributed by atoms with van der Waals surface area (Å²) in [5, 5.41) is 10.9. The Hall–Kier alpha value is -4.06. The van der Waals surface area contributed by atoms with Gasteiger partial charge in [0.15, 0.2) is 11.4 Å². The lowest BCUT2D eigenvalue weighted by atomic mass is 9.97. The maximum absolute atomic E-state index is 13.2. The van der Waals surface area contributed by atoms with E-state index in [1.807, 2.05) is 0 Å². The van der Waals surface area contributed by atoms with Gasteiger partial charge in [-0.1, -0.05) is 60.7 Å². The number of Topliss-reactive ketones (excluding diaryl/α,β-unsaturated/α-hetero) is 1. The number of allylic oxidation sites excluding steroid dienone is 1. The van der Waals surface area contributed by atoms with E-state index in [2.05, 4.69) is 15.0 Å². The molecule has 2 aromatic heterocycles. The Kier molecular flexibility index (Phi) is 4.51. The fourth-order valence-electron chi connectivity index (χ4n) is 2.89. The lowest BCUT2D eigenvalue weighted by Gasteiger charge is -2.10. The molecule has 2 N–H and O–H groups in total. The highest BCUT2D eigenvalue weighted by Gasteiger charge is 2.24. The number of pyridine rings is 1. The van der Waals surface area contributed by atoms with Gasteiger partial charge in [0, 0.05) is 17.3 Å². The van der Waals surface area contributed by atoms with Crippen LogP contribution >= 0.6 is 0 Å². The van der Waals surface area contributed by atoms with Gasteiger partial charge in [0.1, 0.15) is 17.0 Å². The standard InChI is InChI=1S/C22H15N3O3/c26-19(14-8-3-1-4-9-14)17(20(27)15-10-5-2-6-11-15)18-22(28)25-21-16(24-18)12-7-13-23-21/h1-13,26H,(H,23,25,28)/b19-17+. The van der Waals surface area contributed by atoms with Crippen molar-refractivity contribution in [3.05, 3.63) is 106 Å². The van der Waals surface area contributed by atoms with E-state index in [1.54, 1.807) is 72.8 Å². The zero-order chi connectivity index (χ0) is 19.5. The first kappa shape index (κ1) is 17.4. The molecule has 0 aliphatic heterocycles. The number of carbonyl (C=O) groups is 1. The molecule has 0 saturated carbocycles. The summed E-state index contributed by atoms with van der Waals surface area (Å²) < 4.78 is 0. The van der Waals surface area contributed by atoms with Crippen molar-refractivity contribution < 1.29 is 9.90 Å². The molecule has 6 heteroatoms. The van der Waals surface area contributed by atoms with Gasteiger partial charge in [0.05, 0.1) is 5.57 Å². The number of aliphatic hydroxyl groups excluding tert-OH is 1. The van der Waals surface area contributed by atoms with E-state index in [-0.39, 0.29) is 17.0 Å². The van der Waals surface area contributed by atoms with Crippen LogP contribution < -0.4 is 5.56 Å². The van der Waals surface area contributed by atoms with Crippen LogP contribution in [0, 0.1) is 0 Å². The largest absolute Gasteiger partial charge is 0.506 e. The molecule has 0 spiro atoms. The van der Waals surface area contributed by atoms with Crippen LogP contribution in [0.1, 0.15) is 21.6 Å². The number of carbonyl (C=O) groups excluding carboxylic acids is 1. The number of hydrogen-bond donors (Lipinski definition) is 2. The van der Waals surface area contributed by atoms with Gasteiger partial charge in [0.25, 0.3) is 5.56 Å².